The van der Waals surface area contributed by atoms with Gasteiger partial charge < -0.3 is 15.3 Å². The predicted octanol–water partition coefficient (Wildman–Crippen LogP) is 5.01. The van der Waals surface area contributed by atoms with E-state index in [1.54, 1.807) is 12.1 Å². The van der Waals surface area contributed by atoms with Crippen LogP contribution in [0.2, 0.25) is 5.02 Å². The van der Waals surface area contributed by atoms with Crippen LogP contribution in [0.4, 0.5) is 0 Å². The Bertz CT molecular complexity index is 1020. The molecule has 0 aromatic heterocycles. The summed E-state index contributed by atoms with van der Waals surface area (Å²) in [7, 11) is 0. The zero-order valence-corrected chi connectivity index (χ0v) is 15.1. The summed E-state index contributed by atoms with van der Waals surface area (Å²) in [6, 6.07) is 9.80. The topological polar surface area (TPSA) is 77.8 Å². The highest BCUT2D eigenvalue weighted by Gasteiger charge is 2.24. The van der Waals surface area contributed by atoms with Crippen LogP contribution in [0.3, 0.4) is 0 Å². The molecule has 3 rings (SSSR count). The van der Waals surface area contributed by atoms with Gasteiger partial charge in [0.2, 0.25) is 0 Å². The number of ketones is 1. The van der Waals surface area contributed by atoms with E-state index in [1.807, 2.05) is 19.1 Å². The first kappa shape index (κ1) is 18.1. The quantitative estimate of drug-likeness (QED) is 0.631. The van der Waals surface area contributed by atoms with Crippen molar-refractivity contribution in [1.29, 1.82) is 0 Å². The van der Waals surface area contributed by atoms with Crippen molar-refractivity contribution in [2.45, 2.75) is 6.92 Å². The second-order valence-corrected chi connectivity index (χ2v) is 6.62. The van der Waals surface area contributed by atoms with Crippen LogP contribution in [0, 0.1) is 6.92 Å². The standard InChI is InChI=1S/C20H14Cl2O4/c1-10-4-2-3-5-11(10)20(12-6-14(21)18(25)8-16(12)23)13-7-15(22)19(26)9-17(13)24/h2-9,23,25-26H,1H3/b20-13+. The number of aliphatic hydroxyl groups is 1. The van der Waals surface area contributed by atoms with E-state index < -0.39 is 5.78 Å². The third-order valence-electron chi connectivity index (χ3n) is 4.07. The van der Waals surface area contributed by atoms with Gasteiger partial charge in [-0.25, -0.2) is 0 Å². The van der Waals surface area contributed by atoms with Crippen LogP contribution >= 0.6 is 23.2 Å². The number of hydrogen-bond donors (Lipinski definition) is 3. The maximum absolute atomic E-state index is 12.6. The lowest BCUT2D eigenvalue weighted by molar-refractivity contribution is -0.111. The molecule has 0 unspecified atom stereocenters. The van der Waals surface area contributed by atoms with Crippen molar-refractivity contribution in [3.63, 3.8) is 0 Å². The van der Waals surface area contributed by atoms with E-state index in [1.165, 1.54) is 12.1 Å². The van der Waals surface area contributed by atoms with Crippen molar-refractivity contribution >= 4 is 34.6 Å². The van der Waals surface area contributed by atoms with E-state index >= 15 is 0 Å². The summed E-state index contributed by atoms with van der Waals surface area (Å²) in [6.45, 7) is 1.86. The van der Waals surface area contributed by atoms with Crippen LogP contribution in [-0.2, 0) is 4.79 Å². The largest absolute Gasteiger partial charge is 0.507 e. The molecule has 2 aromatic rings. The van der Waals surface area contributed by atoms with Gasteiger partial charge in [0, 0.05) is 28.9 Å². The van der Waals surface area contributed by atoms with E-state index in [4.69, 9.17) is 23.2 Å². The Morgan fingerprint density at radius 1 is 0.923 bits per heavy atom. The molecular formula is C20H14Cl2O4. The first-order valence-corrected chi connectivity index (χ1v) is 8.40. The zero-order chi connectivity index (χ0) is 19.0. The Morgan fingerprint density at radius 3 is 2.31 bits per heavy atom. The fourth-order valence-electron chi connectivity index (χ4n) is 2.78. The lowest BCUT2D eigenvalue weighted by atomic mass is 9.86. The maximum atomic E-state index is 12.6. The first-order valence-electron chi connectivity index (χ1n) is 7.64. The van der Waals surface area contributed by atoms with Gasteiger partial charge in [-0.3, -0.25) is 4.79 Å². The van der Waals surface area contributed by atoms with E-state index in [9.17, 15) is 20.1 Å². The lowest BCUT2D eigenvalue weighted by Crippen LogP contribution is -2.09. The number of carbonyl (C=O) groups is 1. The summed E-state index contributed by atoms with van der Waals surface area (Å²) in [5, 5.41) is 29.8. The molecule has 0 radical (unpaired) electrons. The molecule has 0 saturated heterocycles. The number of aryl methyl sites for hydroxylation is 1. The Balaban J connectivity index is 2.40. The predicted molar refractivity (Wildman–Crippen MR) is 102 cm³/mol. The third-order valence-corrected chi connectivity index (χ3v) is 4.67. The van der Waals surface area contributed by atoms with Crippen molar-refractivity contribution in [3.8, 4) is 11.5 Å². The first-order chi connectivity index (χ1) is 12.3. The minimum Gasteiger partial charge on any atom is -0.507 e. The van der Waals surface area contributed by atoms with Gasteiger partial charge in [0.15, 0.2) is 5.78 Å². The molecule has 1 aliphatic rings. The third kappa shape index (κ3) is 3.21. The molecule has 0 fully saturated rings. The zero-order valence-electron chi connectivity index (χ0n) is 13.6. The number of benzene rings is 2. The SMILES string of the molecule is Cc1ccccc1/C(=C1/C=C(Cl)C(O)=CC1=O)c1cc(Cl)c(O)cc1O. The number of rotatable bonds is 2. The molecule has 3 N–H and O–H groups in total. The second kappa shape index (κ2) is 6.90. The van der Waals surface area contributed by atoms with E-state index in [2.05, 4.69) is 0 Å². The summed E-state index contributed by atoms with van der Waals surface area (Å²) in [4.78, 5) is 12.6. The molecule has 0 heterocycles. The van der Waals surface area contributed by atoms with Gasteiger partial charge >= 0.3 is 0 Å². The Kier molecular flexibility index (Phi) is 4.81. The number of hydrogen-bond acceptors (Lipinski definition) is 4. The van der Waals surface area contributed by atoms with Crippen LogP contribution in [0.5, 0.6) is 11.5 Å². The normalized spacial score (nSPS) is 16.2. The van der Waals surface area contributed by atoms with E-state index in [0.29, 0.717) is 11.1 Å². The molecule has 0 amide bonds. The number of halogens is 2. The van der Waals surface area contributed by atoms with Gasteiger partial charge in [-0.15, -0.1) is 0 Å². The average molecular weight is 389 g/mol. The lowest BCUT2D eigenvalue weighted by Gasteiger charge is -2.18. The molecule has 0 saturated carbocycles. The molecule has 4 nitrogen and oxygen atoms in total. The maximum Gasteiger partial charge on any atom is 0.190 e. The van der Waals surface area contributed by atoms with Gasteiger partial charge in [0.1, 0.15) is 17.3 Å². The molecule has 1 aliphatic carbocycles. The molecule has 0 aliphatic heterocycles. The summed E-state index contributed by atoms with van der Waals surface area (Å²) in [5.41, 5.74) is 2.40. The minimum absolute atomic E-state index is 0.00930. The van der Waals surface area contributed by atoms with Crippen molar-refractivity contribution in [2.75, 3.05) is 0 Å². The molecule has 0 bridgehead atoms. The number of aromatic hydroxyl groups is 2. The highest BCUT2D eigenvalue weighted by molar-refractivity contribution is 6.34. The molecular weight excluding hydrogens is 375 g/mol. The van der Waals surface area contributed by atoms with Crippen molar-refractivity contribution in [3.05, 3.63) is 86.6 Å². The number of allylic oxidation sites excluding steroid dienone is 4. The smallest absolute Gasteiger partial charge is 0.190 e. The summed E-state index contributed by atoms with van der Waals surface area (Å²) < 4.78 is 0. The molecule has 6 heteroatoms. The van der Waals surface area contributed by atoms with Crippen LogP contribution in [-0.4, -0.2) is 21.1 Å². The van der Waals surface area contributed by atoms with Crippen molar-refractivity contribution in [2.24, 2.45) is 0 Å². The van der Waals surface area contributed by atoms with Gasteiger partial charge in [0.05, 0.1) is 10.1 Å². The van der Waals surface area contributed by atoms with Crippen LogP contribution < -0.4 is 0 Å². The number of aliphatic hydroxyl groups excluding tert-OH is 1. The fourth-order valence-corrected chi connectivity index (χ4v) is 3.11. The second-order valence-electron chi connectivity index (χ2n) is 5.81. The highest BCUT2D eigenvalue weighted by Crippen LogP contribution is 2.41. The highest BCUT2D eigenvalue weighted by atomic mass is 35.5. The van der Waals surface area contributed by atoms with Crippen LogP contribution in [0.15, 0.2) is 64.9 Å². The summed E-state index contributed by atoms with van der Waals surface area (Å²) in [6.07, 6.45) is 2.37. The number of phenols is 2. The van der Waals surface area contributed by atoms with Crippen LogP contribution in [0.1, 0.15) is 16.7 Å². The van der Waals surface area contributed by atoms with E-state index in [-0.39, 0.29) is 38.4 Å². The minimum atomic E-state index is -0.464. The number of phenolic OH excluding ortho intramolecular Hbond substituents is 2. The Hall–Kier alpha value is -2.69. The Labute approximate surface area is 159 Å². The molecule has 2 aromatic carbocycles. The van der Waals surface area contributed by atoms with Gasteiger partial charge in [-0.1, -0.05) is 47.5 Å². The van der Waals surface area contributed by atoms with Gasteiger partial charge in [-0.2, -0.15) is 0 Å². The monoisotopic (exact) mass is 388 g/mol. The van der Waals surface area contributed by atoms with Crippen LogP contribution in [0.25, 0.3) is 5.57 Å². The van der Waals surface area contributed by atoms with Gasteiger partial charge in [-0.05, 0) is 30.2 Å². The molecule has 0 atom stereocenters. The summed E-state index contributed by atoms with van der Waals surface area (Å²) in [5.74, 6) is -1.30. The van der Waals surface area contributed by atoms with Gasteiger partial charge in [0.25, 0.3) is 0 Å². The fraction of sp³-hybridized carbons (Fsp3) is 0.0500. The molecule has 26 heavy (non-hydrogen) atoms. The van der Waals surface area contributed by atoms with Crippen molar-refractivity contribution < 1.29 is 20.1 Å². The van der Waals surface area contributed by atoms with Crippen molar-refractivity contribution in [1.82, 2.24) is 0 Å². The Morgan fingerprint density at radius 2 is 1.62 bits per heavy atom. The molecule has 0 spiro atoms. The summed E-state index contributed by atoms with van der Waals surface area (Å²) >= 11 is 12.0. The number of carbonyl (C=O) groups excluding carboxylic acids is 1. The van der Waals surface area contributed by atoms with E-state index in [0.717, 1.165) is 17.7 Å². The molecule has 132 valence electrons. The average Bonchev–Trinajstić information content (AvgIpc) is 2.58.